The van der Waals surface area contributed by atoms with E-state index in [1.54, 1.807) is 6.92 Å². The van der Waals surface area contributed by atoms with Crippen molar-refractivity contribution in [3.8, 4) is 0 Å². The molecule has 0 spiro atoms. The normalized spacial score (nSPS) is 26.9. The number of nitrogens with zero attached hydrogens (tertiary/aromatic N) is 1. The average Bonchev–Trinajstić information content (AvgIpc) is 3.47. The molecule has 0 aliphatic carbocycles. The molecular weight excluding hydrogens is 596 g/mol. The van der Waals surface area contributed by atoms with Crippen molar-refractivity contribution >= 4 is 47.2 Å². The fourth-order valence-corrected chi connectivity index (χ4v) is 6.25. The van der Waals surface area contributed by atoms with Gasteiger partial charge in [0.05, 0.1) is 0 Å². The van der Waals surface area contributed by atoms with E-state index in [0.717, 1.165) is 5.57 Å². The van der Waals surface area contributed by atoms with Crippen LogP contribution in [0.5, 0.6) is 0 Å². The first kappa shape index (κ1) is 37.8. The second kappa shape index (κ2) is 18.6. The standard InChI is InChI=1S/C32H52N6O6S/c1-7-21(5)27-31(43)36-24(29(41)35-23(28(33)40)16-19(2)3)18-45-17-20(4)12-9-8-10-14-26(39)34-22(6)32(44)38-15-11-13-25(38)30(42)37-27/h9,12,19,21-25,27H,4,7-8,10-11,13-18H2,1-3,5-6H3,(H2,33,40)(H,34,39)(H,35,41)(H,36,43)(H,37,42)/b12-9+/t21-,22-,23-,24-,25-,27-/m0/s1. The summed E-state index contributed by atoms with van der Waals surface area (Å²) in [5.74, 6) is -2.35. The first-order valence-electron chi connectivity index (χ1n) is 16.0. The number of fused-ring (bicyclic) bond motifs is 1. The number of rotatable bonds is 7. The monoisotopic (exact) mass is 648 g/mol. The van der Waals surface area contributed by atoms with Gasteiger partial charge in [0, 0.05) is 24.5 Å². The summed E-state index contributed by atoms with van der Waals surface area (Å²) in [6, 6.07) is -4.49. The number of carbonyl (C=O) groups is 6. The minimum absolute atomic E-state index is 0.0916. The Labute approximate surface area is 271 Å². The summed E-state index contributed by atoms with van der Waals surface area (Å²) in [5.41, 5.74) is 6.35. The van der Waals surface area contributed by atoms with E-state index in [1.165, 1.54) is 16.7 Å². The number of amides is 6. The number of hydrogen-bond donors (Lipinski definition) is 5. The molecule has 1 fully saturated rings. The van der Waals surface area contributed by atoms with Gasteiger partial charge in [0.15, 0.2) is 0 Å². The van der Waals surface area contributed by atoms with E-state index in [4.69, 9.17) is 5.73 Å². The molecule has 252 valence electrons. The molecule has 45 heavy (non-hydrogen) atoms. The lowest BCUT2D eigenvalue weighted by molar-refractivity contribution is -0.142. The van der Waals surface area contributed by atoms with Crippen molar-refractivity contribution in [2.75, 3.05) is 18.1 Å². The van der Waals surface area contributed by atoms with E-state index in [-0.39, 0.29) is 35.8 Å². The van der Waals surface area contributed by atoms with Crippen LogP contribution in [0.25, 0.3) is 0 Å². The summed E-state index contributed by atoms with van der Waals surface area (Å²) in [4.78, 5) is 80.1. The number of carbonyl (C=O) groups excluding carboxylic acids is 6. The predicted molar refractivity (Wildman–Crippen MR) is 176 cm³/mol. The van der Waals surface area contributed by atoms with Gasteiger partial charge in [0.1, 0.15) is 30.2 Å². The van der Waals surface area contributed by atoms with Gasteiger partial charge in [-0.05, 0) is 56.4 Å². The Kier molecular flexibility index (Phi) is 15.6. The van der Waals surface area contributed by atoms with Gasteiger partial charge < -0.3 is 31.9 Å². The minimum atomic E-state index is -1.02. The van der Waals surface area contributed by atoms with Crippen LogP contribution in [0.1, 0.15) is 79.6 Å². The zero-order chi connectivity index (χ0) is 33.7. The van der Waals surface area contributed by atoms with Crippen LogP contribution < -0.4 is 27.0 Å². The molecule has 6 amide bonds. The molecule has 0 aromatic heterocycles. The molecule has 6 N–H and O–H groups in total. The highest BCUT2D eigenvalue weighted by Gasteiger charge is 2.39. The van der Waals surface area contributed by atoms with Gasteiger partial charge in [-0.2, -0.15) is 11.8 Å². The molecule has 0 aromatic carbocycles. The molecule has 13 heteroatoms. The largest absolute Gasteiger partial charge is 0.368 e. The van der Waals surface area contributed by atoms with Crippen LogP contribution >= 0.6 is 11.8 Å². The van der Waals surface area contributed by atoms with Crippen LogP contribution in [0, 0.1) is 11.8 Å². The third kappa shape index (κ3) is 12.2. The molecule has 0 saturated carbocycles. The van der Waals surface area contributed by atoms with E-state index < -0.39 is 53.8 Å². The summed E-state index contributed by atoms with van der Waals surface area (Å²) in [7, 11) is 0. The van der Waals surface area contributed by atoms with Gasteiger partial charge in [-0.25, -0.2) is 0 Å². The topological polar surface area (TPSA) is 180 Å². The number of primary amides is 1. The molecule has 6 atom stereocenters. The highest BCUT2D eigenvalue weighted by molar-refractivity contribution is 7.99. The lowest BCUT2D eigenvalue weighted by Crippen LogP contribution is -2.60. The minimum Gasteiger partial charge on any atom is -0.368 e. The summed E-state index contributed by atoms with van der Waals surface area (Å²) >= 11 is 1.39. The molecule has 12 nitrogen and oxygen atoms in total. The average molecular weight is 649 g/mol. The predicted octanol–water partition coefficient (Wildman–Crippen LogP) is 1.54. The van der Waals surface area contributed by atoms with E-state index in [2.05, 4.69) is 27.8 Å². The van der Waals surface area contributed by atoms with Crippen LogP contribution in [0.15, 0.2) is 24.3 Å². The Morgan fingerprint density at radius 3 is 2.47 bits per heavy atom. The van der Waals surface area contributed by atoms with Crippen molar-refractivity contribution in [2.24, 2.45) is 17.6 Å². The Bertz CT molecular complexity index is 1130. The maximum atomic E-state index is 13.7. The number of nitrogens with two attached hydrogens (primary N) is 1. The zero-order valence-corrected chi connectivity index (χ0v) is 28.2. The third-order valence-electron chi connectivity index (χ3n) is 8.08. The number of thioether (sulfide) groups is 1. The highest BCUT2D eigenvalue weighted by atomic mass is 32.2. The lowest BCUT2D eigenvalue weighted by atomic mass is 9.97. The molecule has 0 bridgehead atoms. The van der Waals surface area contributed by atoms with Crippen molar-refractivity contribution < 1.29 is 28.8 Å². The summed E-state index contributed by atoms with van der Waals surface area (Å²) in [5, 5.41) is 11.1. The molecule has 2 heterocycles. The Morgan fingerprint density at radius 1 is 1.11 bits per heavy atom. The molecule has 0 aromatic rings. The van der Waals surface area contributed by atoms with Crippen molar-refractivity contribution in [2.45, 2.75) is 110 Å². The first-order valence-corrected chi connectivity index (χ1v) is 17.1. The van der Waals surface area contributed by atoms with Gasteiger partial charge in [-0.1, -0.05) is 52.8 Å². The van der Waals surface area contributed by atoms with Crippen LogP contribution in [0.3, 0.4) is 0 Å². The van der Waals surface area contributed by atoms with Gasteiger partial charge >= 0.3 is 0 Å². The number of hydrogen-bond acceptors (Lipinski definition) is 7. The maximum absolute atomic E-state index is 13.7. The van der Waals surface area contributed by atoms with Crippen molar-refractivity contribution in [1.82, 2.24) is 26.2 Å². The Morgan fingerprint density at radius 2 is 1.82 bits per heavy atom. The lowest BCUT2D eigenvalue weighted by Gasteiger charge is -2.31. The molecule has 2 aliphatic heterocycles. The molecular formula is C32H52N6O6S. The van der Waals surface area contributed by atoms with Gasteiger partial charge in [0.25, 0.3) is 0 Å². The van der Waals surface area contributed by atoms with E-state index in [0.29, 0.717) is 50.8 Å². The second-order valence-electron chi connectivity index (χ2n) is 12.5. The van der Waals surface area contributed by atoms with Gasteiger partial charge in [-0.3, -0.25) is 28.8 Å². The van der Waals surface area contributed by atoms with E-state index in [1.807, 2.05) is 39.8 Å². The fourth-order valence-electron chi connectivity index (χ4n) is 5.30. The van der Waals surface area contributed by atoms with Crippen molar-refractivity contribution in [3.63, 3.8) is 0 Å². The fraction of sp³-hybridized carbons (Fsp3) is 0.688. The van der Waals surface area contributed by atoms with Crippen molar-refractivity contribution in [1.29, 1.82) is 0 Å². The molecule has 2 aliphatic rings. The Balaban J connectivity index is 2.37. The number of allylic oxidation sites excluding steroid dienone is 2. The summed E-state index contributed by atoms with van der Waals surface area (Å²) < 4.78 is 0. The zero-order valence-electron chi connectivity index (χ0n) is 27.4. The van der Waals surface area contributed by atoms with Crippen LogP contribution in [-0.2, 0) is 28.8 Å². The molecule has 0 unspecified atom stereocenters. The third-order valence-corrected chi connectivity index (χ3v) is 9.22. The smallest absolute Gasteiger partial charge is 0.245 e. The van der Waals surface area contributed by atoms with Gasteiger partial charge in [-0.15, -0.1) is 0 Å². The highest BCUT2D eigenvalue weighted by Crippen LogP contribution is 2.20. The molecule has 2 rings (SSSR count). The van der Waals surface area contributed by atoms with E-state index >= 15 is 0 Å². The second-order valence-corrected chi connectivity index (χ2v) is 13.5. The van der Waals surface area contributed by atoms with Crippen molar-refractivity contribution in [3.05, 3.63) is 24.3 Å². The van der Waals surface area contributed by atoms with Gasteiger partial charge in [0.2, 0.25) is 35.4 Å². The van der Waals surface area contributed by atoms with Crippen LogP contribution in [0.4, 0.5) is 0 Å². The first-order chi connectivity index (χ1) is 21.2. The Hall–Kier alpha value is -3.35. The maximum Gasteiger partial charge on any atom is 0.245 e. The number of nitrogens with one attached hydrogen (secondary N) is 4. The van der Waals surface area contributed by atoms with Crippen LogP contribution in [-0.4, -0.2) is 88.6 Å². The molecule has 1 saturated heterocycles. The quantitative estimate of drug-likeness (QED) is 0.278. The van der Waals surface area contributed by atoms with E-state index in [9.17, 15) is 28.8 Å². The van der Waals surface area contributed by atoms with Crippen LogP contribution in [0.2, 0.25) is 0 Å². The summed E-state index contributed by atoms with van der Waals surface area (Å²) in [6.07, 6.45) is 7.19. The SMILES string of the molecule is C=C1/C=C/CCCC(=O)N[C@@H](C)C(=O)N2CCC[C@H]2C(=O)N[C@@H]([C@@H](C)CC)C(=O)N[C@H](C(=O)N[C@@H](CC(C)C)C(N)=O)CSC1. The summed E-state index contributed by atoms with van der Waals surface area (Å²) in [6.45, 7) is 13.6. The molecule has 0 radical (unpaired) electrons.